The zero-order chi connectivity index (χ0) is 14.7. The van der Waals surface area contributed by atoms with Crippen LogP contribution in [0.3, 0.4) is 0 Å². The molecule has 0 saturated heterocycles. The number of nitriles is 1. The lowest BCUT2D eigenvalue weighted by Gasteiger charge is -2.14. The highest BCUT2D eigenvalue weighted by Crippen LogP contribution is 2.34. The van der Waals surface area contributed by atoms with Crippen molar-refractivity contribution in [1.82, 2.24) is 0 Å². The lowest BCUT2D eigenvalue weighted by atomic mass is 10.1. The Morgan fingerprint density at radius 1 is 1.42 bits per heavy atom. The third-order valence-corrected chi connectivity index (χ3v) is 5.27. The zero-order valence-electron chi connectivity index (χ0n) is 11.3. The minimum absolute atomic E-state index is 0.191. The summed E-state index contributed by atoms with van der Waals surface area (Å²) in [7, 11) is 3.16. The first-order chi connectivity index (χ1) is 9.01. The summed E-state index contributed by atoms with van der Waals surface area (Å²) < 4.78 is 4.73. The molecule has 6 nitrogen and oxygen atoms in total. The van der Waals surface area contributed by atoms with Crippen molar-refractivity contribution in [1.29, 1.82) is 5.26 Å². The average molecular weight is 302 g/mol. The average Bonchev–Trinajstić information content (AvgIpc) is 2.38. The van der Waals surface area contributed by atoms with Gasteiger partial charge in [-0.15, -0.1) is 0 Å². The number of nitrogens with zero attached hydrogens (tertiary/aromatic N) is 4. The molecule has 0 fully saturated rings. The first-order valence-corrected chi connectivity index (χ1v) is 8.18. The molecule has 0 heterocycles. The van der Waals surface area contributed by atoms with Gasteiger partial charge in [0.2, 0.25) is 0 Å². The summed E-state index contributed by atoms with van der Waals surface area (Å²) in [5.74, 6) is -0.683. The second-order valence-corrected chi connectivity index (χ2v) is 7.17. The molecule has 0 aliphatic rings. The Hall–Kier alpha value is -1.03. The predicted molar refractivity (Wildman–Crippen MR) is 78.2 cm³/mol. The van der Waals surface area contributed by atoms with Gasteiger partial charge < -0.3 is 4.74 Å². The lowest BCUT2D eigenvalue weighted by molar-refractivity contribution is -0.146. The number of hydrogen-bond acceptors (Lipinski definition) is 6. The SMILES string of the molecule is CC(C)SSC(CC[C@H](C)C(=O)OCC#N)N=[N+]=[N-]. The van der Waals surface area contributed by atoms with E-state index in [1.807, 2.05) is 0 Å². The maximum atomic E-state index is 11.4. The Bertz CT molecular complexity index is 364. The Balaban J connectivity index is 4.12. The Kier molecular flexibility index (Phi) is 10.3. The number of carbonyl (C=O) groups is 1. The van der Waals surface area contributed by atoms with Crippen molar-refractivity contribution in [3.05, 3.63) is 10.4 Å². The van der Waals surface area contributed by atoms with Crippen LogP contribution in [0, 0.1) is 17.2 Å². The molecular weight excluding hydrogens is 284 g/mol. The van der Waals surface area contributed by atoms with Gasteiger partial charge in [-0.05, 0) is 18.4 Å². The summed E-state index contributed by atoms with van der Waals surface area (Å²) in [6.45, 7) is 5.65. The van der Waals surface area contributed by atoms with Gasteiger partial charge in [0.25, 0.3) is 0 Å². The number of azide groups is 1. The summed E-state index contributed by atoms with van der Waals surface area (Å²) in [5, 5.41) is 12.3. The maximum Gasteiger partial charge on any atom is 0.309 e. The van der Waals surface area contributed by atoms with E-state index in [2.05, 4.69) is 23.9 Å². The van der Waals surface area contributed by atoms with E-state index in [1.165, 1.54) is 10.8 Å². The van der Waals surface area contributed by atoms with Crippen LogP contribution in [0.4, 0.5) is 0 Å². The molecule has 0 rings (SSSR count). The van der Waals surface area contributed by atoms with Gasteiger partial charge in [-0.3, -0.25) is 4.79 Å². The number of rotatable bonds is 9. The van der Waals surface area contributed by atoms with Crippen molar-refractivity contribution in [3.63, 3.8) is 0 Å². The summed E-state index contributed by atoms with van der Waals surface area (Å²) >= 11 is 0. The Morgan fingerprint density at radius 3 is 2.63 bits per heavy atom. The molecule has 19 heavy (non-hydrogen) atoms. The molecule has 0 N–H and O–H groups in total. The van der Waals surface area contributed by atoms with E-state index < -0.39 is 0 Å². The molecule has 0 saturated carbocycles. The lowest BCUT2D eigenvalue weighted by Crippen LogP contribution is -2.16. The first kappa shape index (κ1) is 18.0. The van der Waals surface area contributed by atoms with Crippen LogP contribution in [0.2, 0.25) is 0 Å². The molecule has 106 valence electrons. The van der Waals surface area contributed by atoms with Crippen molar-refractivity contribution in [2.45, 2.75) is 44.2 Å². The molecule has 0 aliphatic heterocycles. The first-order valence-electron chi connectivity index (χ1n) is 5.91. The van der Waals surface area contributed by atoms with Crippen LogP contribution in [-0.2, 0) is 9.53 Å². The van der Waals surface area contributed by atoms with Crippen molar-refractivity contribution in [3.8, 4) is 6.07 Å². The molecule has 0 aliphatic carbocycles. The maximum absolute atomic E-state index is 11.4. The minimum Gasteiger partial charge on any atom is -0.450 e. The molecule has 0 amide bonds. The van der Waals surface area contributed by atoms with Gasteiger partial charge in [0.05, 0.1) is 11.3 Å². The highest BCUT2D eigenvalue weighted by atomic mass is 33.1. The van der Waals surface area contributed by atoms with Crippen LogP contribution in [-0.4, -0.2) is 23.2 Å². The summed E-state index contributed by atoms with van der Waals surface area (Å²) in [6, 6.07) is 1.75. The minimum atomic E-state index is -0.386. The van der Waals surface area contributed by atoms with E-state index in [0.29, 0.717) is 18.1 Å². The molecule has 0 aromatic heterocycles. The van der Waals surface area contributed by atoms with Gasteiger partial charge in [0.1, 0.15) is 6.07 Å². The third-order valence-electron chi connectivity index (χ3n) is 2.07. The van der Waals surface area contributed by atoms with Crippen LogP contribution in [0.1, 0.15) is 33.6 Å². The fraction of sp³-hybridized carbons (Fsp3) is 0.818. The van der Waals surface area contributed by atoms with Crippen LogP contribution in [0.25, 0.3) is 10.4 Å². The van der Waals surface area contributed by atoms with Gasteiger partial charge in [-0.2, -0.15) is 5.26 Å². The number of hydrogen-bond donors (Lipinski definition) is 0. The van der Waals surface area contributed by atoms with Crippen molar-refractivity contribution in [2.75, 3.05) is 6.61 Å². The largest absolute Gasteiger partial charge is 0.450 e. The molecule has 1 unspecified atom stereocenters. The molecule has 2 atom stereocenters. The van der Waals surface area contributed by atoms with E-state index in [0.717, 1.165) is 0 Å². The van der Waals surface area contributed by atoms with Crippen molar-refractivity contribution < 1.29 is 9.53 Å². The van der Waals surface area contributed by atoms with Crippen LogP contribution in [0.5, 0.6) is 0 Å². The second kappa shape index (κ2) is 10.9. The fourth-order valence-electron chi connectivity index (χ4n) is 1.11. The standard InChI is InChI=1S/C11H18N4O2S2/c1-8(2)18-19-10(14-15-13)5-4-9(3)11(16)17-7-6-12/h8-10H,4-5,7H2,1-3H3/t9-,10?/m0/s1. The molecule has 0 aromatic rings. The van der Waals surface area contributed by atoms with Crippen molar-refractivity contribution >= 4 is 27.6 Å². The van der Waals surface area contributed by atoms with E-state index in [-0.39, 0.29) is 23.9 Å². The van der Waals surface area contributed by atoms with Gasteiger partial charge in [0, 0.05) is 10.2 Å². The summed E-state index contributed by atoms with van der Waals surface area (Å²) in [5.41, 5.74) is 8.50. The topological polar surface area (TPSA) is 98.9 Å². The van der Waals surface area contributed by atoms with Crippen LogP contribution < -0.4 is 0 Å². The fourth-order valence-corrected chi connectivity index (χ4v) is 3.23. The Morgan fingerprint density at radius 2 is 2.11 bits per heavy atom. The van der Waals surface area contributed by atoms with Gasteiger partial charge in [-0.1, -0.05) is 47.5 Å². The van der Waals surface area contributed by atoms with Gasteiger partial charge in [-0.25, -0.2) is 0 Å². The number of esters is 1. The highest BCUT2D eigenvalue weighted by molar-refractivity contribution is 8.77. The van der Waals surface area contributed by atoms with E-state index in [9.17, 15) is 4.79 Å². The van der Waals surface area contributed by atoms with Crippen molar-refractivity contribution in [2.24, 2.45) is 11.0 Å². The molecule has 0 aromatic carbocycles. The van der Waals surface area contributed by atoms with Crippen LogP contribution >= 0.6 is 21.6 Å². The predicted octanol–water partition coefficient (Wildman–Crippen LogP) is 3.90. The number of ether oxygens (including phenoxy) is 1. The molecular formula is C11H18N4O2S2. The smallest absolute Gasteiger partial charge is 0.309 e. The zero-order valence-corrected chi connectivity index (χ0v) is 12.9. The van der Waals surface area contributed by atoms with Crippen LogP contribution in [0.15, 0.2) is 5.11 Å². The summed E-state index contributed by atoms with van der Waals surface area (Å²) in [6.07, 6.45) is 1.18. The molecule has 0 spiro atoms. The Labute approximate surface area is 121 Å². The molecule has 0 radical (unpaired) electrons. The quantitative estimate of drug-likeness (QED) is 0.211. The normalized spacial score (nSPS) is 13.2. The van der Waals surface area contributed by atoms with E-state index >= 15 is 0 Å². The summed E-state index contributed by atoms with van der Waals surface area (Å²) in [4.78, 5) is 14.3. The van der Waals surface area contributed by atoms with Gasteiger partial charge in [0.15, 0.2) is 6.61 Å². The van der Waals surface area contributed by atoms with Gasteiger partial charge >= 0.3 is 5.97 Å². The molecule has 8 heteroatoms. The monoisotopic (exact) mass is 302 g/mol. The van der Waals surface area contributed by atoms with E-state index in [4.69, 9.17) is 15.5 Å². The number of carbonyl (C=O) groups excluding carboxylic acids is 1. The second-order valence-electron chi connectivity index (χ2n) is 4.14. The highest BCUT2D eigenvalue weighted by Gasteiger charge is 2.17. The molecule has 0 bridgehead atoms. The third kappa shape index (κ3) is 9.54. The van der Waals surface area contributed by atoms with E-state index in [1.54, 1.807) is 23.8 Å².